The van der Waals surface area contributed by atoms with Gasteiger partial charge >= 0.3 is 0 Å². The van der Waals surface area contributed by atoms with Crippen molar-refractivity contribution in [3.05, 3.63) is 56.9 Å². The van der Waals surface area contributed by atoms with Crippen LogP contribution in [0.5, 0.6) is 0 Å². The monoisotopic (exact) mass is 400 g/mol. The predicted octanol–water partition coefficient (Wildman–Crippen LogP) is 2.92. The van der Waals surface area contributed by atoms with Crippen LogP contribution in [-0.4, -0.2) is 27.2 Å². The molecule has 138 valence electrons. The number of carbonyl (C=O) groups is 1. The van der Waals surface area contributed by atoms with E-state index in [4.69, 9.17) is 4.74 Å². The minimum atomic E-state index is -0.426. The van der Waals surface area contributed by atoms with Gasteiger partial charge in [-0.05, 0) is 24.6 Å². The number of nitrogens with zero attached hydrogens (tertiary/aromatic N) is 3. The van der Waals surface area contributed by atoms with E-state index in [9.17, 15) is 9.59 Å². The van der Waals surface area contributed by atoms with Gasteiger partial charge in [0.2, 0.25) is 0 Å². The molecule has 0 atom stereocenters. The summed E-state index contributed by atoms with van der Waals surface area (Å²) in [5.41, 5.74) is 3.13. The third-order valence-corrected chi connectivity index (χ3v) is 6.09. The number of thiophene rings is 1. The zero-order valence-corrected chi connectivity index (χ0v) is 16.1. The van der Waals surface area contributed by atoms with E-state index in [2.05, 4.69) is 15.4 Å². The summed E-state index contributed by atoms with van der Waals surface area (Å²) in [7, 11) is 0. The standard InChI is InChI=1S/C18H16N4O3S2/c1-2-11-7-12-17(26-11)19-10-22(18(12)24)21-15(23)8-25-9-16-20-13-5-3-4-6-14(13)27-16/h3-7,10H,2,8-9H2,1H3,(H,21,23). The van der Waals surface area contributed by atoms with E-state index in [1.54, 1.807) is 0 Å². The van der Waals surface area contributed by atoms with E-state index < -0.39 is 5.91 Å². The molecule has 0 bridgehead atoms. The summed E-state index contributed by atoms with van der Waals surface area (Å²) in [6, 6.07) is 9.64. The second-order valence-electron chi connectivity index (χ2n) is 5.81. The number of para-hydroxylation sites is 1. The molecule has 4 aromatic rings. The summed E-state index contributed by atoms with van der Waals surface area (Å²) >= 11 is 3.01. The van der Waals surface area contributed by atoms with Gasteiger partial charge in [0.1, 0.15) is 22.8 Å². The fourth-order valence-electron chi connectivity index (χ4n) is 2.61. The van der Waals surface area contributed by atoms with Gasteiger partial charge in [-0.3, -0.25) is 15.0 Å². The van der Waals surface area contributed by atoms with Crippen LogP contribution in [0.1, 0.15) is 16.8 Å². The number of aryl methyl sites for hydroxylation is 1. The van der Waals surface area contributed by atoms with Crippen LogP contribution in [0.2, 0.25) is 0 Å². The van der Waals surface area contributed by atoms with Crippen molar-refractivity contribution in [2.24, 2.45) is 0 Å². The molecule has 0 saturated carbocycles. The smallest absolute Gasteiger partial charge is 0.280 e. The van der Waals surface area contributed by atoms with Crippen molar-refractivity contribution < 1.29 is 9.53 Å². The number of benzene rings is 1. The van der Waals surface area contributed by atoms with Crippen molar-refractivity contribution >= 4 is 49.0 Å². The summed E-state index contributed by atoms with van der Waals surface area (Å²) in [5.74, 6) is -0.426. The van der Waals surface area contributed by atoms with Crippen LogP contribution >= 0.6 is 22.7 Å². The highest BCUT2D eigenvalue weighted by molar-refractivity contribution is 7.18. The number of fused-ring (bicyclic) bond motifs is 2. The lowest BCUT2D eigenvalue weighted by molar-refractivity contribution is -0.122. The van der Waals surface area contributed by atoms with Crippen molar-refractivity contribution in [1.29, 1.82) is 0 Å². The third kappa shape index (κ3) is 3.75. The molecule has 0 unspecified atom stereocenters. The average Bonchev–Trinajstić information content (AvgIpc) is 3.27. The Balaban J connectivity index is 1.38. The van der Waals surface area contributed by atoms with E-state index in [0.717, 1.165) is 31.2 Å². The summed E-state index contributed by atoms with van der Waals surface area (Å²) < 4.78 is 7.61. The molecule has 3 heterocycles. The average molecular weight is 400 g/mol. The lowest BCUT2D eigenvalue weighted by Crippen LogP contribution is -2.34. The molecule has 0 aliphatic carbocycles. The Kier molecular flexibility index (Phi) is 4.97. The third-order valence-electron chi connectivity index (χ3n) is 3.89. The van der Waals surface area contributed by atoms with Crippen LogP contribution < -0.4 is 11.0 Å². The van der Waals surface area contributed by atoms with Crippen molar-refractivity contribution in [1.82, 2.24) is 14.6 Å². The molecular weight excluding hydrogens is 384 g/mol. The van der Waals surface area contributed by atoms with E-state index >= 15 is 0 Å². The molecule has 0 spiro atoms. The van der Waals surface area contributed by atoms with Crippen molar-refractivity contribution in [3.8, 4) is 0 Å². The molecule has 0 saturated heterocycles. The van der Waals surface area contributed by atoms with Crippen LogP contribution in [0.15, 0.2) is 41.5 Å². The van der Waals surface area contributed by atoms with Gasteiger partial charge in [-0.2, -0.15) is 0 Å². The van der Waals surface area contributed by atoms with E-state index in [1.165, 1.54) is 29.0 Å². The first-order valence-electron chi connectivity index (χ1n) is 8.36. The Bertz CT molecular complexity index is 1150. The van der Waals surface area contributed by atoms with Crippen LogP contribution in [0.25, 0.3) is 20.4 Å². The highest BCUT2D eigenvalue weighted by Crippen LogP contribution is 2.22. The molecule has 4 rings (SSSR count). The Hall–Kier alpha value is -2.62. The lowest BCUT2D eigenvalue weighted by Gasteiger charge is -2.07. The first-order chi connectivity index (χ1) is 13.1. The molecule has 9 heteroatoms. The molecular formula is C18H16N4O3S2. The van der Waals surface area contributed by atoms with E-state index in [-0.39, 0.29) is 18.8 Å². The zero-order chi connectivity index (χ0) is 18.8. The van der Waals surface area contributed by atoms with Gasteiger partial charge in [-0.15, -0.1) is 22.7 Å². The normalized spacial score (nSPS) is 11.3. The van der Waals surface area contributed by atoms with Gasteiger partial charge in [0.25, 0.3) is 11.5 Å². The number of thiazole rings is 1. The summed E-state index contributed by atoms with van der Waals surface area (Å²) in [4.78, 5) is 35.0. The zero-order valence-electron chi connectivity index (χ0n) is 14.5. The lowest BCUT2D eigenvalue weighted by atomic mass is 10.3. The maximum atomic E-state index is 12.5. The first-order valence-corrected chi connectivity index (χ1v) is 9.99. The fourth-order valence-corrected chi connectivity index (χ4v) is 4.44. The van der Waals surface area contributed by atoms with Crippen LogP contribution in [0.4, 0.5) is 0 Å². The number of amides is 1. The van der Waals surface area contributed by atoms with E-state index in [1.807, 2.05) is 37.3 Å². The predicted molar refractivity (Wildman–Crippen MR) is 107 cm³/mol. The van der Waals surface area contributed by atoms with Crippen molar-refractivity contribution in [2.75, 3.05) is 12.0 Å². The molecule has 27 heavy (non-hydrogen) atoms. The molecule has 0 aliphatic rings. The minimum absolute atomic E-state index is 0.176. The number of rotatable bonds is 6. The van der Waals surface area contributed by atoms with E-state index in [0.29, 0.717) is 10.2 Å². The second-order valence-corrected chi connectivity index (χ2v) is 8.04. The second kappa shape index (κ2) is 7.55. The number of ether oxygens (including phenoxy) is 1. The van der Waals surface area contributed by atoms with Gasteiger partial charge in [-0.25, -0.2) is 14.6 Å². The SMILES string of the molecule is CCc1cc2c(=O)n(NC(=O)COCc3nc4ccccc4s3)cnc2s1. The summed E-state index contributed by atoms with van der Waals surface area (Å²) in [5, 5.41) is 1.31. The molecule has 1 aromatic carbocycles. The first kappa shape index (κ1) is 17.8. The number of nitrogens with one attached hydrogen (secondary N) is 1. The fraction of sp³-hybridized carbons (Fsp3) is 0.222. The number of hydrogen-bond acceptors (Lipinski definition) is 7. The highest BCUT2D eigenvalue weighted by Gasteiger charge is 2.11. The van der Waals surface area contributed by atoms with Gasteiger partial charge in [-0.1, -0.05) is 19.1 Å². The number of carbonyl (C=O) groups excluding carboxylic acids is 1. The molecule has 0 fully saturated rings. The maximum Gasteiger partial charge on any atom is 0.280 e. The molecule has 0 aliphatic heterocycles. The molecule has 1 N–H and O–H groups in total. The molecule has 0 radical (unpaired) electrons. The van der Waals surface area contributed by atoms with Crippen LogP contribution in [-0.2, 0) is 22.6 Å². The molecule has 1 amide bonds. The topological polar surface area (TPSA) is 86.1 Å². The Labute approximate surface area is 162 Å². The molecule has 3 aromatic heterocycles. The van der Waals surface area contributed by atoms with Gasteiger partial charge in [0, 0.05) is 4.88 Å². The van der Waals surface area contributed by atoms with Crippen molar-refractivity contribution in [2.45, 2.75) is 20.0 Å². The number of aromatic nitrogens is 3. The van der Waals surface area contributed by atoms with Gasteiger partial charge < -0.3 is 4.74 Å². The van der Waals surface area contributed by atoms with Crippen LogP contribution in [0, 0.1) is 0 Å². The quantitative estimate of drug-likeness (QED) is 0.538. The Morgan fingerprint density at radius 3 is 2.96 bits per heavy atom. The van der Waals surface area contributed by atoms with Crippen molar-refractivity contribution in [3.63, 3.8) is 0 Å². The van der Waals surface area contributed by atoms with Gasteiger partial charge in [0.05, 0.1) is 22.2 Å². The Morgan fingerprint density at radius 1 is 1.30 bits per heavy atom. The number of hydrogen-bond donors (Lipinski definition) is 1. The largest absolute Gasteiger partial charge is 0.364 e. The Morgan fingerprint density at radius 2 is 2.15 bits per heavy atom. The van der Waals surface area contributed by atoms with Gasteiger partial charge in [0.15, 0.2) is 0 Å². The highest BCUT2D eigenvalue weighted by atomic mass is 32.1. The molecule has 7 nitrogen and oxygen atoms in total. The minimum Gasteiger partial charge on any atom is -0.364 e. The summed E-state index contributed by atoms with van der Waals surface area (Å²) in [6.45, 7) is 2.08. The summed E-state index contributed by atoms with van der Waals surface area (Å²) in [6.07, 6.45) is 2.17. The van der Waals surface area contributed by atoms with Crippen LogP contribution in [0.3, 0.4) is 0 Å². The maximum absolute atomic E-state index is 12.5.